The lowest BCUT2D eigenvalue weighted by molar-refractivity contribution is -0.142. The van der Waals surface area contributed by atoms with E-state index in [2.05, 4.69) is 10.6 Å². The van der Waals surface area contributed by atoms with Crippen LogP contribution in [0.2, 0.25) is 5.02 Å². The number of benzene rings is 2. The molecular weight excluding hydrogens is 490 g/mol. The molecule has 0 spiro atoms. The van der Waals surface area contributed by atoms with Crippen molar-refractivity contribution in [1.82, 2.24) is 10.2 Å². The van der Waals surface area contributed by atoms with Crippen molar-refractivity contribution in [3.05, 3.63) is 58.6 Å². The average Bonchev–Trinajstić information content (AvgIpc) is 2.78. The van der Waals surface area contributed by atoms with Gasteiger partial charge >= 0.3 is 6.09 Å². The molecule has 5 N–H and O–H groups in total. The molecule has 0 saturated carbocycles. The van der Waals surface area contributed by atoms with Gasteiger partial charge in [0.25, 0.3) is 5.91 Å². The zero-order valence-electron chi connectivity index (χ0n) is 20.6. The number of carbonyl (C=O) groups is 3. The van der Waals surface area contributed by atoms with Crippen LogP contribution in [0, 0.1) is 6.92 Å². The Balaban J connectivity index is 2.48. The molecule has 0 aliphatic heterocycles. The van der Waals surface area contributed by atoms with Crippen LogP contribution in [0.15, 0.2) is 42.5 Å². The molecule has 0 aliphatic rings. The number of nitrogens with zero attached hydrogens (tertiary/aromatic N) is 1. The molecule has 0 aromatic heterocycles. The van der Waals surface area contributed by atoms with Gasteiger partial charge in [-0.25, -0.2) is 4.79 Å². The zero-order valence-corrected chi connectivity index (χ0v) is 21.4. The molecule has 3 amide bonds. The molecule has 0 fully saturated rings. The summed E-state index contributed by atoms with van der Waals surface area (Å²) in [5.41, 5.74) is 0.379. The highest BCUT2D eigenvalue weighted by Crippen LogP contribution is 2.30. The Morgan fingerprint density at radius 1 is 1.11 bits per heavy atom. The molecule has 2 atom stereocenters. The minimum absolute atomic E-state index is 0.152. The molecule has 2 aromatic carbocycles. The molecule has 2 rings (SSSR count). The summed E-state index contributed by atoms with van der Waals surface area (Å²) >= 11 is 6.27. The number of rotatable bonds is 9. The maximum absolute atomic E-state index is 13.6. The number of alkyl carbamates (subject to hydrolysis) is 1. The van der Waals surface area contributed by atoms with Crippen molar-refractivity contribution in [3.8, 4) is 5.75 Å². The van der Waals surface area contributed by atoms with Crippen molar-refractivity contribution in [2.24, 2.45) is 0 Å². The Hall–Kier alpha value is -3.34. The third-order valence-electron chi connectivity index (χ3n) is 5.01. The van der Waals surface area contributed by atoms with E-state index in [1.54, 1.807) is 45.9 Å². The number of ether oxygens (including phenoxy) is 1. The Morgan fingerprint density at radius 3 is 2.33 bits per heavy atom. The Bertz CT molecular complexity index is 1070. The Labute approximate surface area is 214 Å². The van der Waals surface area contributed by atoms with Crippen LogP contribution in [-0.2, 0) is 14.3 Å². The molecule has 36 heavy (non-hydrogen) atoms. The van der Waals surface area contributed by atoms with Crippen LogP contribution in [0.25, 0.3) is 0 Å². The smallest absolute Gasteiger partial charge is 0.408 e. The van der Waals surface area contributed by atoms with E-state index < -0.39 is 48.8 Å². The number of aliphatic hydroxyl groups is 2. The lowest BCUT2D eigenvalue weighted by Gasteiger charge is -2.33. The van der Waals surface area contributed by atoms with Crippen molar-refractivity contribution in [2.75, 3.05) is 25.1 Å². The van der Waals surface area contributed by atoms with Gasteiger partial charge in [-0.05, 0) is 57.0 Å². The highest BCUT2D eigenvalue weighted by atomic mass is 35.5. The first-order valence-corrected chi connectivity index (χ1v) is 11.6. The summed E-state index contributed by atoms with van der Waals surface area (Å²) in [5, 5.41) is 34.9. The summed E-state index contributed by atoms with van der Waals surface area (Å²) in [5.74, 6) is -1.69. The van der Waals surface area contributed by atoms with E-state index in [0.29, 0.717) is 11.3 Å². The van der Waals surface area contributed by atoms with Gasteiger partial charge in [-0.15, -0.1) is 0 Å². The van der Waals surface area contributed by atoms with Gasteiger partial charge in [0.15, 0.2) is 0 Å². The van der Waals surface area contributed by atoms with Crippen LogP contribution in [0.3, 0.4) is 0 Å². The molecule has 0 radical (unpaired) electrons. The number of halogens is 1. The molecule has 0 aliphatic carbocycles. The van der Waals surface area contributed by atoms with Crippen LogP contribution in [0.1, 0.15) is 37.9 Å². The van der Waals surface area contributed by atoms with Crippen molar-refractivity contribution in [3.63, 3.8) is 0 Å². The normalized spacial score (nSPS) is 12.9. The number of phenols is 1. The predicted molar refractivity (Wildman–Crippen MR) is 135 cm³/mol. The molecule has 2 unspecified atom stereocenters. The number of anilines is 1. The van der Waals surface area contributed by atoms with Gasteiger partial charge in [0.2, 0.25) is 5.91 Å². The van der Waals surface area contributed by atoms with Crippen LogP contribution in [0.4, 0.5) is 10.5 Å². The number of aliphatic hydroxyl groups excluding tert-OH is 2. The molecular formula is C25H32ClN3O7. The fourth-order valence-electron chi connectivity index (χ4n) is 3.46. The SMILES string of the molecule is Cc1cccc(Cl)c1NC(=O)C(c1cccc(O)c1)N(CCO)C(=O)C(CO)NC(=O)OC(C)(C)C. The number of aryl methyl sites for hydroxylation is 1. The van der Waals surface area contributed by atoms with Gasteiger partial charge in [0.05, 0.1) is 23.9 Å². The van der Waals surface area contributed by atoms with E-state index in [4.69, 9.17) is 16.3 Å². The van der Waals surface area contributed by atoms with Crippen molar-refractivity contribution in [1.29, 1.82) is 0 Å². The van der Waals surface area contributed by atoms with E-state index >= 15 is 0 Å². The second-order valence-electron chi connectivity index (χ2n) is 9.06. The van der Waals surface area contributed by atoms with E-state index in [1.165, 1.54) is 24.3 Å². The average molecular weight is 522 g/mol. The minimum Gasteiger partial charge on any atom is -0.508 e. The third kappa shape index (κ3) is 7.84. The lowest BCUT2D eigenvalue weighted by Crippen LogP contribution is -2.54. The summed E-state index contributed by atoms with van der Waals surface area (Å²) in [7, 11) is 0. The zero-order chi connectivity index (χ0) is 27.0. The summed E-state index contributed by atoms with van der Waals surface area (Å²) in [6, 6.07) is 7.95. The van der Waals surface area contributed by atoms with E-state index in [-0.39, 0.29) is 22.9 Å². The molecule has 11 heteroatoms. The number of phenolic OH excluding ortho intramolecular Hbond substituents is 1. The van der Waals surface area contributed by atoms with Gasteiger partial charge in [-0.1, -0.05) is 35.9 Å². The summed E-state index contributed by atoms with van der Waals surface area (Å²) in [6.07, 6.45) is -0.941. The summed E-state index contributed by atoms with van der Waals surface area (Å²) in [6.45, 7) is 5.02. The maximum Gasteiger partial charge on any atom is 0.408 e. The predicted octanol–water partition coefficient (Wildman–Crippen LogP) is 2.74. The second kappa shape index (κ2) is 12.6. The van der Waals surface area contributed by atoms with Crippen LogP contribution >= 0.6 is 11.6 Å². The number of para-hydroxylation sites is 1. The van der Waals surface area contributed by atoms with Crippen LogP contribution in [0.5, 0.6) is 5.75 Å². The van der Waals surface area contributed by atoms with Gasteiger partial charge in [-0.3, -0.25) is 9.59 Å². The first-order chi connectivity index (χ1) is 16.9. The minimum atomic E-state index is -1.47. The quantitative estimate of drug-likeness (QED) is 0.340. The molecule has 0 heterocycles. The maximum atomic E-state index is 13.6. The number of aromatic hydroxyl groups is 1. The highest BCUT2D eigenvalue weighted by molar-refractivity contribution is 6.34. The monoisotopic (exact) mass is 521 g/mol. The van der Waals surface area contributed by atoms with Crippen molar-refractivity contribution >= 4 is 35.2 Å². The second-order valence-corrected chi connectivity index (χ2v) is 9.46. The number of nitrogens with one attached hydrogen (secondary N) is 2. The lowest BCUT2D eigenvalue weighted by atomic mass is 10.0. The third-order valence-corrected chi connectivity index (χ3v) is 5.33. The molecule has 0 saturated heterocycles. The van der Waals surface area contributed by atoms with Gasteiger partial charge in [0.1, 0.15) is 23.4 Å². The van der Waals surface area contributed by atoms with E-state index in [1.807, 2.05) is 0 Å². The van der Waals surface area contributed by atoms with E-state index in [9.17, 15) is 29.7 Å². The first kappa shape index (κ1) is 28.9. The molecule has 10 nitrogen and oxygen atoms in total. The van der Waals surface area contributed by atoms with Gasteiger partial charge in [0, 0.05) is 6.54 Å². The van der Waals surface area contributed by atoms with Crippen molar-refractivity contribution in [2.45, 2.75) is 45.4 Å². The Morgan fingerprint density at radius 2 is 1.78 bits per heavy atom. The van der Waals surface area contributed by atoms with Crippen LogP contribution in [-0.4, -0.2) is 69.5 Å². The Kier molecular flexibility index (Phi) is 10.1. The summed E-state index contributed by atoms with van der Waals surface area (Å²) < 4.78 is 5.17. The first-order valence-electron chi connectivity index (χ1n) is 11.2. The fraction of sp³-hybridized carbons (Fsp3) is 0.400. The highest BCUT2D eigenvalue weighted by Gasteiger charge is 2.36. The largest absolute Gasteiger partial charge is 0.508 e. The summed E-state index contributed by atoms with van der Waals surface area (Å²) in [4.78, 5) is 40.3. The fourth-order valence-corrected chi connectivity index (χ4v) is 3.73. The number of hydrogen-bond acceptors (Lipinski definition) is 7. The van der Waals surface area contributed by atoms with Gasteiger partial charge in [-0.2, -0.15) is 0 Å². The number of amides is 3. The van der Waals surface area contributed by atoms with Crippen molar-refractivity contribution < 1.29 is 34.4 Å². The van der Waals surface area contributed by atoms with E-state index in [0.717, 1.165) is 4.90 Å². The standard InChI is InChI=1S/C25H32ClN3O7/c1-15-7-5-10-18(26)20(15)28-22(33)21(16-8-6-9-17(32)13-16)29(11-12-30)23(34)19(14-31)27-24(35)36-25(2,3)4/h5-10,13,19,21,30-32H,11-12,14H2,1-4H3,(H,27,35)(H,28,33). The molecule has 2 aromatic rings. The number of hydrogen-bond donors (Lipinski definition) is 5. The van der Waals surface area contributed by atoms with Crippen LogP contribution < -0.4 is 10.6 Å². The topological polar surface area (TPSA) is 148 Å². The number of carbonyl (C=O) groups excluding carboxylic acids is 3. The van der Waals surface area contributed by atoms with Gasteiger partial charge < -0.3 is 35.6 Å². The molecule has 196 valence electrons. The molecule has 0 bridgehead atoms.